The molecule has 0 bridgehead atoms. The quantitative estimate of drug-likeness (QED) is 0.0358. The molecular formula is C85H150N2Ni. The van der Waals surface area contributed by atoms with E-state index in [1.54, 1.807) is 4.70 Å². The fourth-order valence-electron chi connectivity index (χ4n) is 13.1. The predicted molar refractivity (Wildman–Crippen MR) is 394 cm³/mol. The van der Waals surface area contributed by atoms with Crippen molar-refractivity contribution in [2.75, 3.05) is 0 Å². The molecule has 2 aromatic rings. The van der Waals surface area contributed by atoms with Crippen LogP contribution in [-0.2, 0) is 27.3 Å². The summed E-state index contributed by atoms with van der Waals surface area (Å²) in [6.45, 7) is 13.7. The molecule has 0 N–H and O–H groups in total. The first kappa shape index (κ1) is 81.8. The van der Waals surface area contributed by atoms with Gasteiger partial charge in [-0.25, -0.2) is 4.70 Å². The number of unbranched alkanes of at least 4 members (excludes halogenated alkanes) is 50. The van der Waals surface area contributed by atoms with E-state index in [4.69, 9.17) is 0 Å². The van der Waals surface area contributed by atoms with Crippen LogP contribution in [0.4, 0.5) is 0 Å². The number of nitrogens with zero attached hydrogens (tertiary/aromatic N) is 2. The molecule has 3 heteroatoms. The first-order chi connectivity index (χ1) is 43.6. The van der Waals surface area contributed by atoms with Crippen molar-refractivity contribution in [2.24, 2.45) is 0 Å². The van der Waals surface area contributed by atoms with Crippen LogP contribution in [0.1, 0.15) is 430 Å². The van der Waals surface area contributed by atoms with Gasteiger partial charge in [-0.15, -0.1) is 0 Å². The van der Waals surface area contributed by atoms with Crippen LogP contribution in [0.25, 0.3) is 16.9 Å². The number of benzene rings is 2. The van der Waals surface area contributed by atoms with E-state index in [0.29, 0.717) is 0 Å². The Kier molecular flexibility index (Phi) is 59.1. The number of aryl methyl sites for hydroxylation is 2. The number of hydrogen-bond acceptors (Lipinski definition) is 0. The molecule has 2 nitrogen and oxygen atoms in total. The predicted octanol–water partition coefficient (Wildman–Crippen LogP) is 30.8. The van der Waals surface area contributed by atoms with Crippen molar-refractivity contribution in [3.05, 3.63) is 99.6 Å². The zero-order chi connectivity index (χ0) is 63.1. The summed E-state index contributed by atoms with van der Waals surface area (Å²) >= 11 is 2.00. The molecule has 0 spiro atoms. The van der Waals surface area contributed by atoms with E-state index in [-0.39, 0.29) is 0 Å². The molecule has 1 heterocycles. The summed E-state index contributed by atoms with van der Waals surface area (Å²) in [6, 6.07) is 18.3. The standard InChI is InChI=1S/C71H120N2.2C7H15.Ni/c1-5-9-13-15-17-19-21-23-25-27-29-31-33-35-37-39-41-43-45-47-49-51-55-69-68(54-12-8-4)70(73(72)71(69)67-60-56-64(57-61-67)52-11-7-3)66-62-58-65(59-63-66)53-50-48-46-44-42-40-38-36-34-32-30-28-26-24-22-20-18-16-14-10-6-2;2*1-3-5-7-6-4-2;/h51,55-63H,5-50,52-54H2,1-4H3;2*1,3-7H2,2H3;. The van der Waals surface area contributed by atoms with Gasteiger partial charge in [0.15, 0.2) is 0 Å². The van der Waals surface area contributed by atoms with E-state index >= 15 is 0 Å². The number of rotatable bonds is 64. The second-order valence-electron chi connectivity index (χ2n) is 27.5. The van der Waals surface area contributed by atoms with Gasteiger partial charge in [0.25, 0.3) is 0 Å². The third-order valence-corrected chi connectivity index (χ3v) is 20.5. The Labute approximate surface area is 557 Å². The van der Waals surface area contributed by atoms with Crippen LogP contribution in [-0.4, -0.2) is 4.70 Å². The molecule has 0 saturated heterocycles. The minimum absolute atomic E-state index is 0.951. The Bertz CT molecular complexity index is 1890. The van der Waals surface area contributed by atoms with Crippen molar-refractivity contribution in [2.45, 2.75) is 431 Å². The van der Waals surface area contributed by atoms with Crippen LogP contribution >= 0.6 is 0 Å². The molecule has 0 aliphatic carbocycles. The first-order valence-electron chi connectivity index (χ1n) is 39.8. The van der Waals surface area contributed by atoms with E-state index in [0.717, 1.165) is 61.0 Å². The van der Waals surface area contributed by atoms with E-state index < -0.39 is 0 Å². The third-order valence-electron chi connectivity index (χ3n) is 19.1. The average Bonchev–Trinajstić information content (AvgIpc) is 2.25. The Morgan fingerprint density at radius 3 is 0.875 bits per heavy atom. The van der Waals surface area contributed by atoms with E-state index in [1.807, 2.05) is 14.4 Å². The Morgan fingerprint density at radius 1 is 0.284 bits per heavy atom. The van der Waals surface area contributed by atoms with Crippen molar-refractivity contribution in [1.82, 2.24) is 0 Å². The van der Waals surface area contributed by atoms with Gasteiger partial charge in [-0.2, -0.15) is 0 Å². The Hall–Kier alpha value is -2.25. The molecule has 0 unspecified atom stereocenters. The van der Waals surface area contributed by atoms with Gasteiger partial charge in [0, 0.05) is 16.7 Å². The molecule has 2 aromatic carbocycles. The summed E-state index contributed by atoms with van der Waals surface area (Å²) in [7, 11) is 0. The van der Waals surface area contributed by atoms with E-state index in [1.165, 1.54) is 373 Å². The Morgan fingerprint density at radius 2 is 0.545 bits per heavy atom. The van der Waals surface area contributed by atoms with Gasteiger partial charge in [-0.3, -0.25) is 0 Å². The minimum atomic E-state index is 0.951. The fourth-order valence-corrected chi connectivity index (χ4v) is 14.3. The zero-order valence-electron chi connectivity index (χ0n) is 60.1. The molecule has 0 amide bonds. The van der Waals surface area contributed by atoms with Crippen LogP contribution in [0.2, 0.25) is 10.8 Å². The second-order valence-corrected chi connectivity index (χ2v) is 29.0. The second kappa shape index (κ2) is 63.5. The third kappa shape index (κ3) is 45.1. The molecule has 1 aliphatic rings. The van der Waals surface area contributed by atoms with Gasteiger partial charge >= 0.3 is 103 Å². The van der Waals surface area contributed by atoms with Gasteiger partial charge in [0.1, 0.15) is 0 Å². The molecule has 0 saturated carbocycles. The summed E-state index contributed by atoms with van der Waals surface area (Å²) in [5.41, 5.74) is 21.7. The SMILES string of the molecule is CCCCCCCCCCCCCCCCCCCCCCC=CC1=C(c2ccc(CCCC)cc2)[N+](=[N-])C(c2ccc(CCCCCCCCCCCCCCCCCCCCCCC)cc2)=C1CCCC.CCCCCC[CH2][Ni][CH2]CCCCCC. The van der Waals surface area contributed by atoms with Crippen LogP contribution in [0, 0.1) is 0 Å². The molecule has 0 atom stereocenters. The summed E-state index contributed by atoms with van der Waals surface area (Å²) < 4.78 is 1.55. The normalized spacial score (nSPS) is 12.7. The van der Waals surface area contributed by atoms with Gasteiger partial charge in [0.2, 0.25) is 11.4 Å². The van der Waals surface area contributed by atoms with Crippen molar-refractivity contribution >= 4 is 11.4 Å². The summed E-state index contributed by atoms with van der Waals surface area (Å²) in [5.74, 6) is 0. The van der Waals surface area contributed by atoms with Crippen molar-refractivity contribution < 1.29 is 19.1 Å². The molecule has 88 heavy (non-hydrogen) atoms. The van der Waals surface area contributed by atoms with Crippen LogP contribution in [0.5, 0.6) is 0 Å². The molecule has 3 rings (SSSR count). The summed E-state index contributed by atoms with van der Waals surface area (Å²) in [6.07, 6.45) is 86.4. The van der Waals surface area contributed by atoms with Crippen molar-refractivity contribution in [3.8, 4) is 0 Å². The number of allylic oxidation sites excluding steroid dienone is 4. The average molecular weight is 1260 g/mol. The molecule has 0 aromatic heterocycles. The zero-order valence-corrected chi connectivity index (χ0v) is 61.1. The summed E-state index contributed by atoms with van der Waals surface area (Å²) in [5, 5.41) is 2.84. The topological polar surface area (TPSA) is 25.3 Å². The van der Waals surface area contributed by atoms with Crippen LogP contribution < -0.4 is 0 Å². The van der Waals surface area contributed by atoms with Crippen molar-refractivity contribution in [3.63, 3.8) is 0 Å². The molecule has 1 aliphatic heterocycles. The summed E-state index contributed by atoms with van der Waals surface area (Å²) in [4.78, 5) is 0. The van der Waals surface area contributed by atoms with Crippen molar-refractivity contribution in [1.29, 1.82) is 0 Å². The maximum atomic E-state index is 12.2. The molecular weight excluding hydrogens is 1110 g/mol. The molecule has 0 radical (unpaired) electrons. The van der Waals surface area contributed by atoms with Gasteiger partial charge in [-0.1, -0.05) is 327 Å². The van der Waals surface area contributed by atoms with Gasteiger partial charge in [0.05, 0.1) is 5.57 Å². The van der Waals surface area contributed by atoms with Gasteiger partial charge in [-0.05, 0) is 86.8 Å². The molecule has 0 fully saturated rings. The fraction of sp³-hybridized carbons (Fsp3) is 0.788. The van der Waals surface area contributed by atoms with Crippen LogP contribution in [0.3, 0.4) is 0 Å². The van der Waals surface area contributed by atoms with E-state index in [9.17, 15) is 5.53 Å². The monoisotopic (exact) mass is 1260 g/mol. The number of hydrogen-bond donors (Lipinski definition) is 0. The van der Waals surface area contributed by atoms with Crippen LogP contribution in [0.15, 0.2) is 71.8 Å². The van der Waals surface area contributed by atoms with Gasteiger partial charge < -0.3 is 5.53 Å². The first-order valence-corrected chi connectivity index (χ1v) is 41.2. The molecule has 510 valence electrons. The Balaban J connectivity index is 0.00000154. The van der Waals surface area contributed by atoms with E-state index in [2.05, 4.69) is 102 Å². The maximum absolute atomic E-state index is 12.2.